The second-order valence-electron chi connectivity index (χ2n) is 9.97. The zero-order chi connectivity index (χ0) is 29.3. The molecule has 2 fully saturated rings. The maximum Gasteiger partial charge on any atom is 0.243 e. The largest absolute Gasteiger partial charge is 0.495 e. The van der Waals surface area contributed by atoms with E-state index in [9.17, 15) is 10.1 Å². The Morgan fingerprint density at radius 3 is 2.61 bits per heavy atom. The molecule has 2 aliphatic heterocycles. The van der Waals surface area contributed by atoms with Crippen LogP contribution in [0.3, 0.4) is 0 Å². The number of anilines is 2. The highest BCUT2D eigenvalue weighted by molar-refractivity contribution is 6.41. The summed E-state index contributed by atoms with van der Waals surface area (Å²) in [6.07, 6.45) is 3.76. The Bertz CT molecular complexity index is 1520. The summed E-state index contributed by atoms with van der Waals surface area (Å²) >= 11 is 13.5. The third kappa shape index (κ3) is 5.45. The van der Waals surface area contributed by atoms with Gasteiger partial charge in [0.05, 0.1) is 67.2 Å². The lowest BCUT2D eigenvalue weighted by atomic mass is 10.1. The zero-order valence-corrected chi connectivity index (χ0v) is 24.5. The highest BCUT2D eigenvalue weighted by Gasteiger charge is 2.34. The van der Waals surface area contributed by atoms with Crippen LogP contribution in [-0.2, 0) is 9.53 Å². The lowest BCUT2D eigenvalue weighted by Crippen LogP contribution is -2.49. The van der Waals surface area contributed by atoms with Crippen molar-refractivity contribution >= 4 is 51.5 Å². The fourth-order valence-electron chi connectivity index (χ4n) is 5.32. The monoisotopic (exact) mass is 596 g/mol. The lowest BCUT2D eigenvalue weighted by molar-refractivity contribution is -0.117. The van der Waals surface area contributed by atoms with Crippen LogP contribution in [0.2, 0.25) is 10.0 Å². The molecule has 3 atom stereocenters. The molecule has 3 aromatic rings. The number of carbonyl (C=O) groups is 1. The number of nitriles is 1. The Balaban J connectivity index is 1.63. The van der Waals surface area contributed by atoms with Gasteiger partial charge in [-0.15, -0.1) is 0 Å². The molecule has 2 aliphatic rings. The van der Waals surface area contributed by atoms with Crippen molar-refractivity contribution in [2.45, 2.75) is 18.5 Å². The van der Waals surface area contributed by atoms with Crippen LogP contribution in [0, 0.1) is 17.2 Å². The molecule has 2 aromatic heterocycles. The number of hydrogen-bond donors (Lipinski definition) is 1. The SMILES string of the molecule is C=CC(=O)N[C@H]1COC[C@H]1N(C)c1cc2c(N3CCC(C#N)C3)nc(-c3c(Cl)c(OC)cc(OC)c3Cl)cc2cn1. The number of ether oxygens (including phenoxy) is 3. The number of amides is 1. The first-order valence-corrected chi connectivity index (χ1v) is 13.8. The number of carbonyl (C=O) groups excluding carboxylic acids is 1. The maximum atomic E-state index is 12.0. The predicted molar refractivity (Wildman–Crippen MR) is 159 cm³/mol. The van der Waals surface area contributed by atoms with E-state index in [1.54, 1.807) is 12.3 Å². The lowest BCUT2D eigenvalue weighted by Gasteiger charge is -2.30. The van der Waals surface area contributed by atoms with Crippen molar-refractivity contribution in [2.75, 3.05) is 57.4 Å². The van der Waals surface area contributed by atoms with Gasteiger partial charge in [-0.1, -0.05) is 29.8 Å². The molecule has 4 heterocycles. The van der Waals surface area contributed by atoms with Crippen LogP contribution in [0.5, 0.6) is 11.5 Å². The fourth-order valence-corrected chi connectivity index (χ4v) is 6.02. The molecule has 10 nitrogen and oxygen atoms in total. The van der Waals surface area contributed by atoms with E-state index >= 15 is 0 Å². The molecule has 12 heteroatoms. The molecule has 1 aromatic carbocycles. The van der Waals surface area contributed by atoms with Gasteiger partial charge in [0.25, 0.3) is 0 Å². The minimum atomic E-state index is -0.253. The second kappa shape index (κ2) is 12.0. The van der Waals surface area contributed by atoms with Gasteiger partial charge in [-0.2, -0.15) is 5.26 Å². The van der Waals surface area contributed by atoms with Crippen molar-refractivity contribution < 1.29 is 19.0 Å². The van der Waals surface area contributed by atoms with Crippen LogP contribution in [0.15, 0.2) is 37.1 Å². The number of aromatic nitrogens is 2. The fraction of sp³-hybridized carbons (Fsp3) is 0.379. The Labute approximate surface area is 248 Å². The second-order valence-corrected chi connectivity index (χ2v) is 10.7. The molecule has 5 rings (SSSR count). The normalized spacial score (nSPS) is 20.1. The summed E-state index contributed by atoms with van der Waals surface area (Å²) in [7, 11) is 4.97. The first-order chi connectivity index (χ1) is 19.8. The molecule has 0 radical (unpaired) electrons. The third-order valence-corrected chi connectivity index (χ3v) is 8.35. The Morgan fingerprint density at radius 2 is 1.98 bits per heavy atom. The van der Waals surface area contributed by atoms with Gasteiger partial charge in [0, 0.05) is 48.7 Å². The van der Waals surface area contributed by atoms with Gasteiger partial charge in [-0.05, 0) is 24.6 Å². The van der Waals surface area contributed by atoms with E-state index in [0.717, 1.165) is 17.2 Å². The van der Waals surface area contributed by atoms with Crippen LogP contribution in [0.25, 0.3) is 22.0 Å². The summed E-state index contributed by atoms with van der Waals surface area (Å²) in [6.45, 7) is 5.59. The number of halogens is 2. The highest BCUT2D eigenvalue weighted by atomic mass is 35.5. The maximum absolute atomic E-state index is 12.0. The smallest absolute Gasteiger partial charge is 0.243 e. The molecule has 0 bridgehead atoms. The first kappa shape index (κ1) is 28.7. The quantitative estimate of drug-likeness (QED) is 0.376. The Morgan fingerprint density at radius 1 is 1.24 bits per heavy atom. The van der Waals surface area contributed by atoms with Crippen molar-refractivity contribution in [1.82, 2.24) is 15.3 Å². The van der Waals surface area contributed by atoms with Gasteiger partial charge < -0.3 is 29.3 Å². The molecule has 214 valence electrons. The van der Waals surface area contributed by atoms with Crippen LogP contribution in [0.4, 0.5) is 11.6 Å². The van der Waals surface area contributed by atoms with Crippen LogP contribution >= 0.6 is 23.2 Å². The highest BCUT2D eigenvalue weighted by Crippen LogP contribution is 2.47. The van der Waals surface area contributed by atoms with Gasteiger partial charge in [0.15, 0.2) is 0 Å². The summed E-state index contributed by atoms with van der Waals surface area (Å²) in [5.41, 5.74) is 1.01. The number of fused-ring (bicyclic) bond motifs is 1. The van der Waals surface area contributed by atoms with Crippen molar-refractivity contribution in [2.24, 2.45) is 5.92 Å². The minimum Gasteiger partial charge on any atom is -0.495 e. The van der Waals surface area contributed by atoms with E-state index in [2.05, 4.69) is 22.9 Å². The molecular formula is C29H30Cl2N6O4. The van der Waals surface area contributed by atoms with E-state index < -0.39 is 0 Å². The van der Waals surface area contributed by atoms with Crippen LogP contribution < -0.4 is 24.6 Å². The third-order valence-electron chi connectivity index (χ3n) is 7.60. The van der Waals surface area contributed by atoms with Gasteiger partial charge >= 0.3 is 0 Å². The molecule has 0 spiro atoms. The molecule has 2 saturated heterocycles. The number of hydrogen-bond acceptors (Lipinski definition) is 9. The molecule has 1 unspecified atom stereocenters. The molecular weight excluding hydrogens is 567 g/mol. The number of benzene rings is 1. The minimum absolute atomic E-state index is 0.103. The Kier molecular flexibility index (Phi) is 8.40. The molecule has 1 amide bonds. The van der Waals surface area contributed by atoms with E-state index in [0.29, 0.717) is 70.7 Å². The number of nitrogens with zero attached hydrogens (tertiary/aromatic N) is 5. The number of likely N-dealkylation sites (N-methyl/N-ethyl adjacent to an activating group) is 1. The molecule has 0 saturated carbocycles. The number of methoxy groups -OCH3 is 2. The standard InChI is InChI=1S/C29H30Cl2N6O4/c1-5-25(38)34-20-14-41-15-21(20)36(2)24-9-18-17(12-33-24)8-19(35-29(18)37-7-6-16(11-32)13-37)26-27(30)22(39-3)10-23(40-4)28(26)31/h5,8-10,12,16,20-21H,1,6-7,13-15H2,2-4H3,(H,34,38)/t16?,20-,21+/m0/s1. The van der Waals surface area contributed by atoms with Crippen molar-refractivity contribution in [1.29, 1.82) is 5.26 Å². The predicted octanol–water partition coefficient (Wildman–Crippen LogP) is 4.48. The molecule has 41 heavy (non-hydrogen) atoms. The van der Waals surface area contributed by atoms with E-state index in [1.165, 1.54) is 20.3 Å². The first-order valence-electron chi connectivity index (χ1n) is 13.1. The van der Waals surface area contributed by atoms with E-state index in [-0.39, 0.29) is 23.9 Å². The summed E-state index contributed by atoms with van der Waals surface area (Å²) in [4.78, 5) is 25.9. The average Bonchev–Trinajstić information content (AvgIpc) is 3.66. The summed E-state index contributed by atoms with van der Waals surface area (Å²) in [5.74, 6) is 1.84. The average molecular weight is 598 g/mol. The molecule has 1 N–H and O–H groups in total. The van der Waals surface area contributed by atoms with Gasteiger partial charge in [0.2, 0.25) is 5.91 Å². The topological polar surface area (TPSA) is 113 Å². The van der Waals surface area contributed by atoms with Gasteiger partial charge in [-0.25, -0.2) is 9.97 Å². The number of rotatable bonds is 8. The number of nitrogens with one attached hydrogen (secondary N) is 1. The van der Waals surface area contributed by atoms with E-state index in [1.807, 2.05) is 24.1 Å². The van der Waals surface area contributed by atoms with E-state index in [4.69, 9.17) is 47.4 Å². The van der Waals surface area contributed by atoms with Gasteiger partial charge in [0.1, 0.15) is 23.1 Å². The van der Waals surface area contributed by atoms with Crippen LogP contribution in [-0.4, -0.2) is 75.5 Å². The number of pyridine rings is 2. The summed E-state index contributed by atoms with van der Waals surface area (Å²) in [6, 6.07) is 7.52. The van der Waals surface area contributed by atoms with Crippen molar-refractivity contribution in [3.63, 3.8) is 0 Å². The van der Waals surface area contributed by atoms with Crippen molar-refractivity contribution in [3.05, 3.63) is 47.1 Å². The van der Waals surface area contributed by atoms with Crippen LogP contribution in [0.1, 0.15) is 6.42 Å². The summed E-state index contributed by atoms with van der Waals surface area (Å²) < 4.78 is 16.6. The summed E-state index contributed by atoms with van der Waals surface area (Å²) in [5, 5.41) is 14.8. The zero-order valence-electron chi connectivity index (χ0n) is 23.0. The Hall–Kier alpha value is -3.78. The molecule has 0 aliphatic carbocycles. The van der Waals surface area contributed by atoms with Gasteiger partial charge in [-0.3, -0.25) is 4.79 Å². The van der Waals surface area contributed by atoms with Crippen molar-refractivity contribution in [3.8, 4) is 28.8 Å².